The molecule has 0 amide bonds. The Bertz CT molecular complexity index is 577. The van der Waals surface area contributed by atoms with E-state index in [9.17, 15) is 0 Å². The SMILES string of the molecule is c1cc([Se]CC2CS2)ccc1Sc1ccc([Se]CC2CS2)cc1. The average molecular weight is 488 g/mol. The molecule has 0 nitrogen and oxygen atoms in total. The van der Waals surface area contributed by atoms with Gasteiger partial charge in [0, 0.05) is 0 Å². The number of hydrogen-bond acceptors (Lipinski definition) is 3. The van der Waals surface area contributed by atoms with Crippen LogP contribution < -0.4 is 8.92 Å². The molecule has 2 aliphatic heterocycles. The van der Waals surface area contributed by atoms with E-state index in [1.54, 1.807) is 8.92 Å². The zero-order valence-electron chi connectivity index (χ0n) is 12.6. The number of benzene rings is 2. The van der Waals surface area contributed by atoms with Crippen molar-refractivity contribution >= 4 is 74.1 Å². The van der Waals surface area contributed by atoms with Crippen molar-refractivity contribution in [3.05, 3.63) is 48.5 Å². The van der Waals surface area contributed by atoms with Crippen molar-refractivity contribution in [3.63, 3.8) is 0 Å². The maximum atomic E-state index is 2.33. The number of thioether (sulfide) groups is 2. The van der Waals surface area contributed by atoms with Gasteiger partial charge in [0.15, 0.2) is 0 Å². The first-order valence-electron chi connectivity index (χ1n) is 7.72. The van der Waals surface area contributed by atoms with Crippen molar-refractivity contribution in [2.75, 3.05) is 11.5 Å². The van der Waals surface area contributed by atoms with Crippen LogP contribution in [-0.2, 0) is 0 Å². The minimum absolute atomic E-state index is 0.668. The summed E-state index contributed by atoms with van der Waals surface area (Å²) in [7, 11) is 0. The molecule has 120 valence electrons. The van der Waals surface area contributed by atoms with Gasteiger partial charge in [-0.2, -0.15) is 0 Å². The molecule has 2 aromatic rings. The van der Waals surface area contributed by atoms with Crippen LogP contribution in [0.5, 0.6) is 0 Å². The molecular formula is C18H18S3Se2. The standard InChI is InChI=1S/C18H18S3Se2/c1-5-17(22-11-15-9-19-15)6-2-13(1)21-14-3-7-18(8-4-14)23-12-16-10-20-16/h1-8,15-16H,9-12H2. The van der Waals surface area contributed by atoms with E-state index < -0.39 is 0 Å². The fourth-order valence-electron chi connectivity index (χ4n) is 2.05. The minimum atomic E-state index is 0.668. The molecule has 2 atom stereocenters. The quantitative estimate of drug-likeness (QED) is 0.412. The Balaban J connectivity index is 1.29. The summed E-state index contributed by atoms with van der Waals surface area (Å²) >= 11 is 7.45. The van der Waals surface area contributed by atoms with Gasteiger partial charge in [0.1, 0.15) is 0 Å². The molecule has 2 unspecified atom stereocenters. The fraction of sp³-hybridized carbons (Fsp3) is 0.333. The van der Waals surface area contributed by atoms with Crippen LogP contribution in [0.4, 0.5) is 0 Å². The zero-order chi connectivity index (χ0) is 15.5. The van der Waals surface area contributed by atoms with Gasteiger partial charge in [-0.15, -0.1) is 0 Å². The monoisotopic (exact) mass is 490 g/mol. The molecule has 0 spiro atoms. The van der Waals surface area contributed by atoms with Gasteiger partial charge in [0.25, 0.3) is 0 Å². The second-order valence-electron chi connectivity index (χ2n) is 5.58. The topological polar surface area (TPSA) is 0 Å². The molecule has 0 aromatic heterocycles. The van der Waals surface area contributed by atoms with Crippen LogP contribution in [0.15, 0.2) is 58.3 Å². The number of hydrogen-bond donors (Lipinski definition) is 0. The Labute approximate surface area is 164 Å². The van der Waals surface area contributed by atoms with E-state index in [0.29, 0.717) is 29.9 Å². The second-order valence-corrected chi connectivity index (χ2v) is 14.0. The van der Waals surface area contributed by atoms with E-state index in [0.717, 1.165) is 10.5 Å². The second kappa shape index (κ2) is 8.27. The van der Waals surface area contributed by atoms with Crippen molar-refractivity contribution in [1.29, 1.82) is 0 Å². The normalized spacial score (nSPS) is 22.1. The summed E-state index contributed by atoms with van der Waals surface area (Å²) in [4.78, 5) is 2.72. The Hall–Kier alpha value is 0.529. The Morgan fingerprint density at radius 1 is 0.739 bits per heavy atom. The third kappa shape index (κ3) is 5.78. The summed E-state index contributed by atoms with van der Waals surface area (Å²) < 4.78 is 3.09. The van der Waals surface area contributed by atoms with Crippen LogP contribution in [0.25, 0.3) is 0 Å². The predicted molar refractivity (Wildman–Crippen MR) is 110 cm³/mol. The van der Waals surface area contributed by atoms with Gasteiger partial charge in [0.05, 0.1) is 0 Å². The summed E-state index contributed by atoms with van der Waals surface area (Å²) in [6, 6.07) is 18.5. The Kier molecular flexibility index (Phi) is 6.10. The molecule has 0 bridgehead atoms. The van der Waals surface area contributed by atoms with E-state index in [2.05, 4.69) is 72.1 Å². The Morgan fingerprint density at radius 3 is 1.48 bits per heavy atom. The molecule has 0 N–H and O–H groups in total. The number of rotatable bonds is 8. The maximum absolute atomic E-state index is 2.33. The fourth-order valence-corrected chi connectivity index (χ4v) is 9.62. The summed E-state index contributed by atoms with van der Waals surface area (Å²) in [6.07, 6.45) is 0. The first-order chi connectivity index (χ1) is 11.3. The van der Waals surface area contributed by atoms with Crippen LogP contribution in [0.1, 0.15) is 0 Å². The van der Waals surface area contributed by atoms with Crippen molar-refractivity contribution in [2.24, 2.45) is 0 Å². The third-order valence-electron chi connectivity index (χ3n) is 3.56. The van der Waals surface area contributed by atoms with Gasteiger partial charge in [-0.25, -0.2) is 0 Å². The van der Waals surface area contributed by atoms with E-state index in [4.69, 9.17) is 0 Å². The Morgan fingerprint density at radius 2 is 1.13 bits per heavy atom. The van der Waals surface area contributed by atoms with Gasteiger partial charge in [-0.1, -0.05) is 0 Å². The van der Waals surface area contributed by atoms with Crippen LogP contribution in [0, 0.1) is 0 Å². The summed E-state index contributed by atoms with van der Waals surface area (Å²) in [5.41, 5.74) is 0. The molecule has 0 radical (unpaired) electrons. The van der Waals surface area contributed by atoms with Gasteiger partial charge in [0.2, 0.25) is 0 Å². The molecular weight excluding hydrogens is 470 g/mol. The summed E-state index contributed by atoms with van der Waals surface area (Å²) in [5, 5.41) is 4.77. The van der Waals surface area contributed by atoms with Crippen molar-refractivity contribution in [2.45, 2.75) is 30.9 Å². The zero-order valence-corrected chi connectivity index (χ0v) is 18.5. The van der Waals surface area contributed by atoms with Crippen LogP contribution in [0.3, 0.4) is 0 Å². The van der Waals surface area contributed by atoms with Crippen molar-refractivity contribution < 1.29 is 0 Å². The molecule has 2 fully saturated rings. The molecule has 0 saturated carbocycles. The first kappa shape index (κ1) is 17.0. The van der Waals surface area contributed by atoms with Crippen LogP contribution in [0.2, 0.25) is 10.6 Å². The van der Waals surface area contributed by atoms with Crippen molar-refractivity contribution in [1.82, 2.24) is 0 Å². The third-order valence-corrected chi connectivity index (χ3v) is 12.4. The molecule has 2 aromatic carbocycles. The molecule has 4 rings (SSSR count). The average Bonchev–Trinajstić information content (AvgIpc) is 3.48. The van der Waals surface area contributed by atoms with E-state index in [1.165, 1.54) is 31.9 Å². The summed E-state index contributed by atoms with van der Waals surface area (Å²) in [6.45, 7) is 0. The van der Waals surface area contributed by atoms with Gasteiger partial charge < -0.3 is 0 Å². The molecule has 2 heterocycles. The molecule has 2 saturated heterocycles. The van der Waals surface area contributed by atoms with Crippen molar-refractivity contribution in [3.8, 4) is 0 Å². The molecule has 0 aliphatic carbocycles. The van der Waals surface area contributed by atoms with Crippen LogP contribution >= 0.6 is 35.3 Å². The van der Waals surface area contributed by atoms with E-state index >= 15 is 0 Å². The molecule has 2 aliphatic rings. The van der Waals surface area contributed by atoms with E-state index in [1.807, 2.05) is 11.8 Å². The summed E-state index contributed by atoms with van der Waals surface area (Å²) in [5.74, 6) is 2.79. The molecule has 5 heteroatoms. The first-order valence-corrected chi connectivity index (χ1v) is 14.8. The molecule has 23 heavy (non-hydrogen) atoms. The van der Waals surface area contributed by atoms with Gasteiger partial charge in [-0.3, -0.25) is 0 Å². The predicted octanol–water partition coefficient (Wildman–Crippen LogP) is 3.56. The van der Waals surface area contributed by atoms with Gasteiger partial charge in [-0.05, 0) is 0 Å². The van der Waals surface area contributed by atoms with Crippen LogP contribution in [-0.4, -0.2) is 51.9 Å². The van der Waals surface area contributed by atoms with E-state index in [-0.39, 0.29) is 0 Å². The van der Waals surface area contributed by atoms with Gasteiger partial charge >= 0.3 is 165 Å².